The highest BCUT2D eigenvalue weighted by molar-refractivity contribution is 4.94. The third kappa shape index (κ3) is 4.03. The number of ether oxygens (including phenoxy) is 5. The van der Waals surface area contributed by atoms with Gasteiger partial charge in [-0.25, -0.2) is 9.78 Å². The Kier molecular flexibility index (Phi) is 4.77. The van der Waals surface area contributed by atoms with E-state index >= 15 is 0 Å². The number of rotatable bonds is 3. The van der Waals surface area contributed by atoms with E-state index in [9.17, 15) is 0 Å². The molecule has 3 rings (SSSR count). The maximum Gasteiger partial charge on any atom is 0.194 e. The highest BCUT2D eigenvalue weighted by Crippen LogP contribution is 2.40. The molecule has 0 amide bonds. The predicted molar refractivity (Wildman–Crippen MR) is 88.5 cm³/mol. The zero-order valence-corrected chi connectivity index (χ0v) is 16.6. The molecular formula is C18H32O7. The SMILES string of the molecule is CC1(C)OC[C@H]([C@H]2OC(C)(C)O[C@@H]2CC2OOC(C)(C)C(C)(C)O2)O1. The Balaban J connectivity index is 1.68. The Morgan fingerprint density at radius 2 is 1.44 bits per heavy atom. The van der Waals surface area contributed by atoms with Crippen molar-refractivity contribution in [3.8, 4) is 0 Å². The first-order chi connectivity index (χ1) is 11.3. The van der Waals surface area contributed by atoms with Crippen LogP contribution in [0.4, 0.5) is 0 Å². The topological polar surface area (TPSA) is 64.6 Å². The van der Waals surface area contributed by atoms with Gasteiger partial charge in [0.1, 0.15) is 17.8 Å². The predicted octanol–water partition coefficient (Wildman–Crippen LogP) is 2.91. The van der Waals surface area contributed by atoms with Gasteiger partial charge < -0.3 is 23.7 Å². The largest absolute Gasteiger partial charge is 0.348 e. The van der Waals surface area contributed by atoms with Crippen LogP contribution >= 0.6 is 0 Å². The van der Waals surface area contributed by atoms with Crippen molar-refractivity contribution in [1.82, 2.24) is 0 Å². The molecule has 0 saturated carbocycles. The van der Waals surface area contributed by atoms with Crippen molar-refractivity contribution in [2.75, 3.05) is 6.61 Å². The van der Waals surface area contributed by atoms with Gasteiger partial charge in [0.2, 0.25) is 0 Å². The maximum atomic E-state index is 6.12. The van der Waals surface area contributed by atoms with Crippen LogP contribution in [0.25, 0.3) is 0 Å². The van der Waals surface area contributed by atoms with Crippen molar-refractivity contribution in [2.24, 2.45) is 0 Å². The van der Waals surface area contributed by atoms with Crippen molar-refractivity contribution in [1.29, 1.82) is 0 Å². The Morgan fingerprint density at radius 1 is 0.760 bits per heavy atom. The van der Waals surface area contributed by atoms with Crippen LogP contribution in [0.2, 0.25) is 0 Å². The van der Waals surface area contributed by atoms with Gasteiger partial charge in [0.05, 0.1) is 18.3 Å². The maximum absolute atomic E-state index is 6.12. The van der Waals surface area contributed by atoms with E-state index in [-0.39, 0.29) is 18.3 Å². The molecule has 25 heavy (non-hydrogen) atoms. The zero-order chi connectivity index (χ0) is 18.7. The molecule has 3 aliphatic heterocycles. The van der Waals surface area contributed by atoms with Crippen LogP contribution in [0.15, 0.2) is 0 Å². The summed E-state index contributed by atoms with van der Waals surface area (Å²) in [5, 5.41) is 0. The summed E-state index contributed by atoms with van der Waals surface area (Å²) in [5.41, 5.74) is -1.03. The average molecular weight is 360 g/mol. The Bertz CT molecular complexity index is 500. The fourth-order valence-corrected chi connectivity index (χ4v) is 3.28. The van der Waals surface area contributed by atoms with Gasteiger partial charge in [0, 0.05) is 6.42 Å². The van der Waals surface area contributed by atoms with Crippen molar-refractivity contribution >= 4 is 0 Å². The van der Waals surface area contributed by atoms with E-state index in [1.165, 1.54) is 0 Å². The molecular weight excluding hydrogens is 328 g/mol. The monoisotopic (exact) mass is 360 g/mol. The normalized spacial score (nSPS) is 41.8. The van der Waals surface area contributed by atoms with Gasteiger partial charge in [-0.2, -0.15) is 0 Å². The summed E-state index contributed by atoms with van der Waals surface area (Å²) in [7, 11) is 0. The van der Waals surface area contributed by atoms with E-state index < -0.39 is 29.1 Å². The highest BCUT2D eigenvalue weighted by atomic mass is 17.2. The minimum absolute atomic E-state index is 0.198. The molecule has 0 bridgehead atoms. The van der Waals surface area contributed by atoms with Crippen LogP contribution in [0.1, 0.15) is 61.8 Å². The molecule has 7 nitrogen and oxygen atoms in total. The number of hydrogen-bond acceptors (Lipinski definition) is 7. The Labute approximate surface area is 150 Å². The molecule has 146 valence electrons. The first-order valence-corrected chi connectivity index (χ1v) is 9.00. The smallest absolute Gasteiger partial charge is 0.194 e. The van der Waals surface area contributed by atoms with E-state index in [2.05, 4.69) is 0 Å². The van der Waals surface area contributed by atoms with Gasteiger partial charge in [-0.3, -0.25) is 0 Å². The molecule has 0 aromatic heterocycles. The van der Waals surface area contributed by atoms with Gasteiger partial charge in [-0.05, 0) is 55.4 Å². The van der Waals surface area contributed by atoms with Crippen molar-refractivity contribution in [3.05, 3.63) is 0 Å². The summed E-state index contributed by atoms with van der Waals surface area (Å²) in [4.78, 5) is 11.1. The van der Waals surface area contributed by atoms with E-state index in [1.54, 1.807) is 0 Å². The van der Waals surface area contributed by atoms with Gasteiger partial charge in [-0.15, -0.1) is 0 Å². The molecule has 3 heterocycles. The summed E-state index contributed by atoms with van der Waals surface area (Å²) in [6, 6.07) is 0. The molecule has 0 aromatic rings. The van der Waals surface area contributed by atoms with E-state index in [1.807, 2.05) is 55.4 Å². The molecule has 3 saturated heterocycles. The summed E-state index contributed by atoms with van der Waals surface area (Å²) in [6.07, 6.45) is -0.766. The second-order valence-corrected chi connectivity index (χ2v) is 8.99. The van der Waals surface area contributed by atoms with Crippen molar-refractivity contribution in [3.63, 3.8) is 0 Å². The minimum Gasteiger partial charge on any atom is -0.348 e. The lowest BCUT2D eigenvalue weighted by molar-refractivity contribution is -0.502. The van der Waals surface area contributed by atoms with E-state index in [4.69, 9.17) is 33.5 Å². The molecule has 0 aromatic carbocycles. The van der Waals surface area contributed by atoms with E-state index in [0.29, 0.717) is 13.0 Å². The number of hydrogen-bond donors (Lipinski definition) is 0. The third-order valence-corrected chi connectivity index (χ3v) is 5.28. The van der Waals surface area contributed by atoms with Gasteiger partial charge in [0.25, 0.3) is 0 Å². The molecule has 0 radical (unpaired) electrons. The molecule has 3 aliphatic rings. The summed E-state index contributed by atoms with van der Waals surface area (Å²) >= 11 is 0. The van der Waals surface area contributed by atoms with Crippen molar-refractivity contribution < 1.29 is 33.5 Å². The fraction of sp³-hybridized carbons (Fsp3) is 1.00. The summed E-state index contributed by atoms with van der Waals surface area (Å²) < 4.78 is 30.0. The van der Waals surface area contributed by atoms with Gasteiger partial charge in [0.15, 0.2) is 17.9 Å². The van der Waals surface area contributed by atoms with Crippen molar-refractivity contribution in [2.45, 2.75) is 109 Å². The summed E-state index contributed by atoms with van der Waals surface area (Å²) in [6.45, 7) is 15.9. The van der Waals surface area contributed by atoms with Crippen LogP contribution in [-0.2, 0) is 33.5 Å². The molecule has 0 spiro atoms. The first-order valence-electron chi connectivity index (χ1n) is 9.00. The molecule has 4 atom stereocenters. The second-order valence-electron chi connectivity index (χ2n) is 8.99. The second kappa shape index (κ2) is 6.12. The fourth-order valence-electron chi connectivity index (χ4n) is 3.28. The standard InChI is InChI=1S/C18H32O7/c1-15(2)16(3,4)25-24-13(22-15)9-11-14(23-18(7,8)20-11)12-10-19-17(5,6)21-12/h11-14H,9-10H2,1-8H3/t11-,12-,13?,14+/m1/s1. The highest BCUT2D eigenvalue weighted by Gasteiger charge is 2.53. The lowest BCUT2D eigenvalue weighted by Crippen LogP contribution is -2.57. The quantitative estimate of drug-likeness (QED) is 0.717. The van der Waals surface area contributed by atoms with Crippen LogP contribution in [0.5, 0.6) is 0 Å². The minimum atomic E-state index is -0.699. The first kappa shape index (κ1) is 19.5. The van der Waals surface area contributed by atoms with Crippen LogP contribution < -0.4 is 0 Å². The lowest BCUT2D eigenvalue weighted by atomic mass is 9.89. The third-order valence-electron chi connectivity index (χ3n) is 5.28. The van der Waals surface area contributed by atoms with Crippen LogP contribution in [0.3, 0.4) is 0 Å². The van der Waals surface area contributed by atoms with E-state index in [0.717, 1.165) is 0 Å². The van der Waals surface area contributed by atoms with Crippen LogP contribution in [-0.4, -0.2) is 54.0 Å². The molecule has 3 fully saturated rings. The molecule has 0 aliphatic carbocycles. The summed E-state index contributed by atoms with van der Waals surface area (Å²) in [5.74, 6) is -1.31. The molecule has 1 unspecified atom stereocenters. The van der Waals surface area contributed by atoms with Crippen LogP contribution in [0, 0.1) is 0 Å². The zero-order valence-electron chi connectivity index (χ0n) is 16.6. The Hall–Kier alpha value is -0.280. The van der Waals surface area contributed by atoms with Gasteiger partial charge >= 0.3 is 0 Å². The molecule has 7 heteroatoms. The Morgan fingerprint density at radius 3 is 2.00 bits per heavy atom. The van der Waals surface area contributed by atoms with Gasteiger partial charge in [-0.1, -0.05) is 0 Å². The lowest BCUT2D eigenvalue weighted by Gasteiger charge is -2.46. The molecule has 0 N–H and O–H groups in total. The average Bonchev–Trinajstić information content (AvgIpc) is 2.93.